The number of benzene rings is 2. The highest BCUT2D eigenvalue weighted by Gasteiger charge is 2.19. The van der Waals surface area contributed by atoms with Gasteiger partial charge in [0.25, 0.3) is 0 Å². The Hall–Kier alpha value is -3.81. The molecule has 0 heterocycles. The van der Waals surface area contributed by atoms with Gasteiger partial charge in [0.2, 0.25) is 0 Å². The fourth-order valence-corrected chi connectivity index (χ4v) is 3.48. The molecule has 0 aliphatic heterocycles. The number of rotatable bonds is 13. The minimum Gasteiger partial charge on any atom is -0.478 e. The number of Topliss-reactive ketones (excluding diaryl/α,β-unsaturated/α-hetero) is 2. The van der Waals surface area contributed by atoms with Gasteiger partial charge in [-0.1, -0.05) is 19.1 Å². The molecule has 2 aromatic rings. The van der Waals surface area contributed by atoms with Gasteiger partial charge in [0.1, 0.15) is 6.10 Å². The second kappa shape index (κ2) is 13.2. The number of carboxylic acid groups (broad SMARTS) is 1. The van der Waals surface area contributed by atoms with Crippen LogP contribution >= 0.6 is 0 Å². The molecule has 0 fully saturated rings. The van der Waals surface area contributed by atoms with Crippen LogP contribution in [0.3, 0.4) is 0 Å². The maximum absolute atomic E-state index is 12.5. The van der Waals surface area contributed by atoms with Gasteiger partial charge in [0.05, 0.1) is 23.3 Å². The summed E-state index contributed by atoms with van der Waals surface area (Å²) in [6, 6.07) is 10.2. The van der Waals surface area contributed by atoms with Crippen molar-refractivity contribution < 1.29 is 38.6 Å². The first-order chi connectivity index (χ1) is 16.6. The van der Waals surface area contributed by atoms with Crippen molar-refractivity contribution in [1.29, 1.82) is 0 Å². The lowest BCUT2D eigenvalue weighted by Gasteiger charge is -2.16. The van der Waals surface area contributed by atoms with E-state index < -0.39 is 23.7 Å². The summed E-state index contributed by atoms with van der Waals surface area (Å²) in [4.78, 5) is 59.1. The molecule has 0 bridgehead atoms. The zero-order chi connectivity index (χ0) is 26.0. The zero-order valence-electron chi connectivity index (χ0n) is 20.2. The van der Waals surface area contributed by atoms with Gasteiger partial charge in [-0.05, 0) is 76.3 Å². The quantitative estimate of drug-likeness (QED) is 0.236. The molecule has 0 amide bonds. The summed E-state index contributed by atoms with van der Waals surface area (Å²) in [6.45, 7) is 4.81. The van der Waals surface area contributed by atoms with E-state index in [1.54, 1.807) is 18.2 Å². The van der Waals surface area contributed by atoms with Gasteiger partial charge in [-0.15, -0.1) is 0 Å². The number of hydrogen-bond acceptors (Lipinski definition) is 7. The number of aromatic carboxylic acids is 1. The zero-order valence-corrected chi connectivity index (χ0v) is 20.2. The first kappa shape index (κ1) is 27.4. The van der Waals surface area contributed by atoms with E-state index in [4.69, 9.17) is 9.47 Å². The Morgan fingerprint density at radius 1 is 0.800 bits per heavy atom. The number of carboxylic acids is 1. The molecular weight excluding hydrogens is 452 g/mol. The van der Waals surface area contributed by atoms with E-state index in [9.17, 15) is 29.1 Å². The molecule has 1 N–H and O–H groups in total. The van der Waals surface area contributed by atoms with Crippen molar-refractivity contribution in [3.63, 3.8) is 0 Å². The summed E-state index contributed by atoms with van der Waals surface area (Å²) < 4.78 is 10.8. The van der Waals surface area contributed by atoms with E-state index in [1.807, 2.05) is 6.92 Å². The van der Waals surface area contributed by atoms with Crippen LogP contribution in [-0.2, 0) is 9.47 Å². The average Bonchev–Trinajstić information content (AvgIpc) is 2.84. The fourth-order valence-electron chi connectivity index (χ4n) is 3.48. The van der Waals surface area contributed by atoms with E-state index in [1.165, 1.54) is 38.1 Å². The Balaban J connectivity index is 1.78. The number of carbonyl (C=O) groups excluding carboxylic acids is 4. The Labute approximate surface area is 204 Å². The molecule has 0 aliphatic carbocycles. The second-order valence-electron chi connectivity index (χ2n) is 8.18. The summed E-state index contributed by atoms with van der Waals surface area (Å²) >= 11 is 0. The summed E-state index contributed by atoms with van der Waals surface area (Å²) in [5, 5.41) is 9.20. The number of unbranched alkanes of at least 4 members (excludes halogenated alkanes) is 2. The van der Waals surface area contributed by atoms with Crippen LogP contribution in [0.25, 0.3) is 0 Å². The number of carbonyl (C=O) groups is 5. The normalized spacial score (nSPS) is 11.4. The molecule has 8 nitrogen and oxygen atoms in total. The molecule has 186 valence electrons. The van der Waals surface area contributed by atoms with E-state index in [0.29, 0.717) is 30.4 Å². The molecule has 0 aromatic heterocycles. The van der Waals surface area contributed by atoms with Gasteiger partial charge in [0.15, 0.2) is 11.6 Å². The fraction of sp³-hybridized carbons (Fsp3) is 0.370. The average molecular weight is 483 g/mol. The summed E-state index contributed by atoms with van der Waals surface area (Å²) in [6.07, 6.45) is 3.03. The molecule has 8 heteroatoms. The lowest BCUT2D eigenvalue weighted by Crippen LogP contribution is -2.18. The van der Waals surface area contributed by atoms with Crippen molar-refractivity contribution in [3.05, 3.63) is 70.3 Å². The maximum Gasteiger partial charge on any atom is 0.338 e. The number of ether oxygens (including phenoxy) is 2. The van der Waals surface area contributed by atoms with Crippen molar-refractivity contribution in [2.45, 2.75) is 59.0 Å². The Morgan fingerprint density at radius 2 is 1.49 bits per heavy atom. The molecule has 0 radical (unpaired) electrons. The van der Waals surface area contributed by atoms with Crippen LogP contribution in [0, 0.1) is 0 Å². The molecule has 2 aromatic carbocycles. The van der Waals surface area contributed by atoms with Gasteiger partial charge in [-0.2, -0.15) is 0 Å². The van der Waals surface area contributed by atoms with E-state index >= 15 is 0 Å². The first-order valence-corrected chi connectivity index (χ1v) is 11.5. The van der Waals surface area contributed by atoms with Crippen LogP contribution in [0.2, 0.25) is 0 Å². The Morgan fingerprint density at radius 3 is 2.11 bits per heavy atom. The van der Waals surface area contributed by atoms with Crippen molar-refractivity contribution in [2.75, 3.05) is 6.61 Å². The Kier molecular flexibility index (Phi) is 10.3. The lowest BCUT2D eigenvalue weighted by molar-refractivity contribution is 0.0262. The predicted molar refractivity (Wildman–Crippen MR) is 128 cm³/mol. The van der Waals surface area contributed by atoms with Crippen molar-refractivity contribution in [3.8, 4) is 0 Å². The van der Waals surface area contributed by atoms with Gasteiger partial charge in [0, 0.05) is 11.1 Å². The molecule has 0 aliphatic rings. The van der Waals surface area contributed by atoms with Crippen molar-refractivity contribution in [1.82, 2.24) is 0 Å². The highest BCUT2D eigenvalue weighted by atomic mass is 16.5. The van der Waals surface area contributed by atoms with Gasteiger partial charge in [-0.3, -0.25) is 9.59 Å². The summed E-state index contributed by atoms with van der Waals surface area (Å²) in [5.74, 6) is -2.90. The van der Waals surface area contributed by atoms with E-state index in [-0.39, 0.29) is 35.2 Å². The van der Waals surface area contributed by atoms with Gasteiger partial charge < -0.3 is 14.6 Å². The largest absolute Gasteiger partial charge is 0.478 e. The highest BCUT2D eigenvalue weighted by Crippen LogP contribution is 2.17. The minimum absolute atomic E-state index is 0.0393. The smallest absolute Gasteiger partial charge is 0.338 e. The van der Waals surface area contributed by atoms with E-state index in [0.717, 1.165) is 12.8 Å². The summed E-state index contributed by atoms with van der Waals surface area (Å²) in [7, 11) is 0. The highest BCUT2D eigenvalue weighted by molar-refractivity contribution is 6.06. The van der Waals surface area contributed by atoms with Crippen molar-refractivity contribution >= 4 is 29.5 Å². The third-order valence-electron chi connectivity index (χ3n) is 5.50. The molecular formula is C27H30O8. The van der Waals surface area contributed by atoms with Crippen LogP contribution < -0.4 is 0 Å². The molecule has 1 atom stereocenters. The van der Waals surface area contributed by atoms with Gasteiger partial charge in [-0.25, -0.2) is 14.4 Å². The molecule has 2 rings (SSSR count). The molecule has 35 heavy (non-hydrogen) atoms. The third-order valence-corrected chi connectivity index (χ3v) is 5.50. The molecule has 0 spiro atoms. The topological polar surface area (TPSA) is 124 Å². The van der Waals surface area contributed by atoms with Crippen LogP contribution in [0.1, 0.15) is 105 Å². The van der Waals surface area contributed by atoms with Crippen molar-refractivity contribution in [2.24, 2.45) is 0 Å². The number of hydrogen-bond donors (Lipinski definition) is 1. The predicted octanol–water partition coefficient (Wildman–Crippen LogP) is 5.14. The minimum atomic E-state index is -1.24. The standard InChI is InChI=1S/C27H30O8/c1-4-22(35-27(33)21-12-13-23(25(30)31)24(16-21)18(3)29)11-6-5-7-14-34-26(32)20-10-8-9-19(15-20)17(2)28/h8-10,12-13,15-16,22H,4-7,11,14H2,1-3H3,(H,30,31). The summed E-state index contributed by atoms with van der Waals surface area (Å²) in [5.41, 5.74) is 0.713. The Bertz CT molecular complexity index is 1100. The van der Waals surface area contributed by atoms with Crippen LogP contribution in [0.15, 0.2) is 42.5 Å². The van der Waals surface area contributed by atoms with Gasteiger partial charge >= 0.3 is 17.9 Å². The second-order valence-corrected chi connectivity index (χ2v) is 8.18. The third kappa shape index (κ3) is 8.17. The monoisotopic (exact) mass is 482 g/mol. The molecule has 0 saturated heterocycles. The van der Waals surface area contributed by atoms with E-state index in [2.05, 4.69) is 0 Å². The number of esters is 2. The maximum atomic E-state index is 12.5. The molecule has 0 saturated carbocycles. The number of ketones is 2. The first-order valence-electron chi connectivity index (χ1n) is 11.5. The lowest BCUT2D eigenvalue weighted by atomic mass is 10.0. The SMILES string of the molecule is CCC(CCCCCOC(=O)c1cccc(C(C)=O)c1)OC(=O)c1ccc(C(=O)O)c(C(C)=O)c1. The molecule has 1 unspecified atom stereocenters. The van der Waals surface area contributed by atoms with Crippen LogP contribution in [0.4, 0.5) is 0 Å². The van der Waals surface area contributed by atoms with Crippen LogP contribution in [-0.4, -0.2) is 47.3 Å². The van der Waals surface area contributed by atoms with Crippen LogP contribution in [0.5, 0.6) is 0 Å².